The van der Waals surface area contributed by atoms with E-state index in [1.807, 2.05) is 6.92 Å². The summed E-state index contributed by atoms with van der Waals surface area (Å²) in [6.07, 6.45) is 12.1. The fourth-order valence-corrected chi connectivity index (χ4v) is 11.0. The van der Waals surface area contributed by atoms with Crippen LogP contribution >= 0.6 is 0 Å². The van der Waals surface area contributed by atoms with Gasteiger partial charge in [0, 0.05) is 18.4 Å². The van der Waals surface area contributed by atoms with Crippen molar-refractivity contribution < 1.29 is 15.0 Å². The quantitative estimate of drug-likeness (QED) is 0.460. The maximum Gasteiger partial charge on any atom is 0.138 e. The lowest BCUT2D eigenvalue weighted by molar-refractivity contribution is -0.157. The van der Waals surface area contributed by atoms with E-state index in [0.717, 1.165) is 30.8 Å². The number of Topliss-reactive ketones (excluding diaryl/α,β-unsaturated/α-hetero) is 1. The van der Waals surface area contributed by atoms with Crippen molar-refractivity contribution in [2.24, 2.45) is 50.7 Å². The summed E-state index contributed by atoms with van der Waals surface area (Å²) in [6.45, 7) is 15.7. The van der Waals surface area contributed by atoms with Crippen molar-refractivity contribution in [3.05, 3.63) is 12.2 Å². The second kappa shape index (κ2) is 7.42. The zero-order valence-corrected chi connectivity index (χ0v) is 21.9. The van der Waals surface area contributed by atoms with Crippen molar-refractivity contribution >= 4 is 5.78 Å². The fraction of sp³-hybridized carbons (Fsp3) is 0.900. The van der Waals surface area contributed by atoms with Gasteiger partial charge in [0.05, 0.1) is 6.10 Å². The molecule has 186 valence electrons. The van der Waals surface area contributed by atoms with Crippen LogP contribution in [0.4, 0.5) is 0 Å². The Morgan fingerprint density at radius 3 is 2.30 bits per heavy atom. The van der Waals surface area contributed by atoms with Crippen molar-refractivity contribution in [1.82, 2.24) is 0 Å². The smallest absolute Gasteiger partial charge is 0.138 e. The second-order valence-corrected chi connectivity index (χ2v) is 14.2. The van der Waals surface area contributed by atoms with E-state index < -0.39 is 6.10 Å². The first-order valence-electron chi connectivity index (χ1n) is 13.9. The van der Waals surface area contributed by atoms with E-state index in [2.05, 4.69) is 34.3 Å². The highest BCUT2D eigenvalue weighted by atomic mass is 16.3. The predicted molar refractivity (Wildman–Crippen MR) is 133 cm³/mol. The summed E-state index contributed by atoms with van der Waals surface area (Å²) >= 11 is 0. The predicted octanol–water partition coefficient (Wildman–Crippen LogP) is 6.32. The average Bonchev–Trinajstić information content (AvgIpc) is 3.35. The molecule has 0 bridgehead atoms. The van der Waals surface area contributed by atoms with Gasteiger partial charge in [-0.05, 0) is 116 Å². The molecule has 5 rings (SSSR count). The molecule has 5 saturated carbocycles. The molecule has 0 unspecified atom stereocenters. The van der Waals surface area contributed by atoms with Crippen LogP contribution in [0, 0.1) is 50.7 Å². The molecule has 0 aromatic rings. The van der Waals surface area contributed by atoms with Crippen LogP contribution in [0.1, 0.15) is 105 Å². The maximum atomic E-state index is 12.8. The van der Waals surface area contributed by atoms with Crippen molar-refractivity contribution in [1.29, 1.82) is 0 Å². The van der Waals surface area contributed by atoms with E-state index in [9.17, 15) is 15.0 Å². The van der Waals surface area contributed by atoms with E-state index in [0.29, 0.717) is 40.3 Å². The number of carbonyl (C=O) groups is 1. The highest BCUT2D eigenvalue weighted by Gasteiger charge is 2.82. The molecule has 0 aromatic heterocycles. The van der Waals surface area contributed by atoms with Crippen LogP contribution in [0.15, 0.2) is 12.2 Å². The molecule has 0 heterocycles. The third-order valence-corrected chi connectivity index (χ3v) is 13.1. The zero-order chi connectivity index (χ0) is 24.0. The van der Waals surface area contributed by atoms with E-state index >= 15 is 0 Å². The maximum absolute atomic E-state index is 12.8. The van der Waals surface area contributed by atoms with Crippen LogP contribution in [0.2, 0.25) is 0 Å². The Balaban J connectivity index is 1.41. The second-order valence-electron chi connectivity index (χ2n) is 14.2. The molecule has 0 aliphatic heterocycles. The summed E-state index contributed by atoms with van der Waals surface area (Å²) in [5.41, 5.74) is 2.19. The van der Waals surface area contributed by atoms with Gasteiger partial charge in [-0.2, -0.15) is 0 Å². The number of carbonyl (C=O) groups excluding carboxylic acids is 1. The molecule has 3 nitrogen and oxygen atoms in total. The van der Waals surface area contributed by atoms with Crippen molar-refractivity contribution in [3.8, 4) is 0 Å². The van der Waals surface area contributed by atoms with Gasteiger partial charge in [0.2, 0.25) is 0 Å². The van der Waals surface area contributed by atoms with E-state index in [1.54, 1.807) is 0 Å². The minimum Gasteiger partial charge on any atom is -0.396 e. The Kier molecular flexibility index (Phi) is 5.40. The van der Waals surface area contributed by atoms with Crippen molar-refractivity contribution in [2.45, 2.75) is 111 Å². The Morgan fingerprint density at radius 1 is 0.970 bits per heavy atom. The topological polar surface area (TPSA) is 57.5 Å². The van der Waals surface area contributed by atoms with Gasteiger partial charge in [0.15, 0.2) is 0 Å². The summed E-state index contributed by atoms with van der Waals surface area (Å²) < 4.78 is 0. The van der Waals surface area contributed by atoms with Gasteiger partial charge >= 0.3 is 0 Å². The van der Waals surface area contributed by atoms with Gasteiger partial charge in [-0.15, -0.1) is 0 Å². The third-order valence-electron chi connectivity index (χ3n) is 13.1. The first-order chi connectivity index (χ1) is 15.4. The van der Waals surface area contributed by atoms with Gasteiger partial charge < -0.3 is 10.2 Å². The lowest BCUT2D eigenvalue weighted by Crippen LogP contribution is -2.57. The van der Waals surface area contributed by atoms with Crippen LogP contribution in [0.3, 0.4) is 0 Å². The number of ketones is 1. The van der Waals surface area contributed by atoms with Crippen molar-refractivity contribution in [2.75, 3.05) is 6.61 Å². The fourth-order valence-electron chi connectivity index (χ4n) is 11.0. The molecule has 5 aliphatic rings. The highest BCUT2D eigenvalue weighted by molar-refractivity contribution is 5.86. The van der Waals surface area contributed by atoms with Gasteiger partial charge in [0.1, 0.15) is 5.78 Å². The minimum atomic E-state index is -0.451. The molecule has 2 N–H and O–H groups in total. The lowest BCUT2D eigenvalue weighted by atomic mass is 9.42. The number of rotatable bonds is 6. The lowest BCUT2D eigenvalue weighted by Gasteiger charge is -2.62. The van der Waals surface area contributed by atoms with Gasteiger partial charge in [-0.25, -0.2) is 0 Å². The Hall–Kier alpha value is -0.670. The summed E-state index contributed by atoms with van der Waals surface area (Å²) in [5.74, 6) is 2.68. The summed E-state index contributed by atoms with van der Waals surface area (Å²) in [6, 6.07) is 0. The molecule has 3 heteroatoms. The Morgan fingerprint density at radius 2 is 1.64 bits per heavy atom. The number of fused-ring (bicyclic) bond motifs is 2. The number of hydrogen-bond acceptors (Lipinski definition) is 3. The van der Waals surface area contributed by atoms with Crippen molar-refractivity contribution in [3.63, 3.8) is 0 Å². The Bertz CT molecular complexity index is 845. The molecule has 0 radical (unpaired) electrons. The largest absolute Gasteiger partial charge is 0.396 e. The number of hydrogen-bond donors (Lipinski definition) is 2. The summed E-state index contributed by atoms with van der Waals surface area (Å²) in [4.78, 5) is 12.8. The average molecular weight is 457 g/mol. The number of aliphatic hydroxyl groups excluding tert-OH is 2. The molecule has 0 aromatic carbocycles. The monoisotopic (exact) mass is 456 g/mol. The molecule has 33 heavy (non-hydrogen) atoms. The summed E-state index contributed by atoms with van der Waals surface area (Å²) in [5, 5.41) is 20.7. The summed E-state index contributed by atoms with van der Waals surface area (Å²) in [7, 11) is 0. The third kappa shape index (κ3) is 2.90. The van der Waals surface area contributed by atoms with Crippen LogP contribution in [-0.4, -0.2) is 28.7 Å². The highest BCUT2D eigenvalue weighted by Crippen LogP contribution is 2.88. The van der Waals surface area contributed by atoms with E-state index in [1.165, 1.54) is 44.9 Å². The molecule has 5 fully saturated rings. The van der Waals surface area contributed by atoms with E-state index in [4.69, 9.17) is 0 Å². The molecule has 0 amide bonds. The van der Waals surface area contributed by atoms with Crippen LogP contribution < -0.4 is 0 Å². The van der Waals surface area contributed by atoms with E-state index in [-0.39, 0.29) is 23.4 Å². The molecule has 0 saturated heterocycles. The molecule has 2 spiro atoms. The van der Waals surface area contributed by atoms with Gasteiger partial charge in [-0.1, -0.05) is 39.8 Å². The van der Waals surface area contributed by atoms with Gasteiger partial charge in [0.25, 0.3) is 0 Å². The minimum absolute atomic E-state index is 0.140. The number of aliphatic hydroxyl groups is 2. The Labute approximate surface area is 201 Å². The van der Waals surface area contributed by atoms with Gasteiger partial charge in [-0.3, -0.25) is 4.79 Å². The molecular weight excluding hydrogens is 408 g/mol. The standard InChI is InChI=1S/C30H48O3/c1-19(2)22(32)8-7-20(17-31)21-11-13-28(6)24-10-9-23-26(3,4)25(33)12-14-29(23)18-30(24,29)16-15-27(21,28)5/h20-24,31-32H,1,7-18H2,2-6H3/t20-,21+,22+,23-,24-,27+,28-,29+,30-/m0/s1. The SMILES string of the molecule is C=C(C)[C@H](O)CC[C@@H](CO)[C@H]1CC[C@@]2(C)[C@@H]3CC[C@H]4C(C)(C)C(=O)CC[C@@]45C[C@@]35CC[C@]12C. The van der Waals surface area contributed by atoms with Crippen LogP contribution in [-0.2, 0) is 4.79 Å². The van der Waals surface area contributed by atoms with Crippen LogP contribution in [0.5, 0.6) is 0 Å². The molecular formula is C30H48O3. The normalized spacial score (nSPS) is 49.3. The molecule has 5 aliphatic carbocycles. The first-order valence-corrected chi connectivity index (χ1v) is 13.9. The molecule has 9 atom stereocenters. The first kappa shape index (κ1) is 24.0. The van der Waals surface area contributed by atoms with Crippen LogP contribution in [0.25, 0.3) is 0 Å². The zero-order valence-electron chi connectivity index (χ0n) is 21.9.